The maximum Gasteiger partial charge on any atom is 0.449 e. The van der Waals surface area contributed by atoms with Crippen molar-refractivity contribution in [2.75, 3.05) is 12.3 Å². The molecular formula is C21H36F3NO6S. The molecular weight excluding hydrogens is 451 g/mol. The summed E-state index contributed by atoms with van der Waals surface area (Å²) in [6.45, 7) is 2.07. The van der Waals surface area contributed by atoms with E-state index in [0.29, 0.717) is 12.8 Å². The molecule has 0 aromatic carbocycles. The lowest BCUT2D eigenvalue weighted by atomic mass is 10.0. The van der Waals surface area contributed by atoms with Gasteiger partial charge >= 0.3 is 12.3 Å². The fraction of sp³-hybridized carbons (Fsp3) is 0.762. The van der Waals surface area contributed by atoms with Gasteiger partial charge in [-0.2, -0.15) is 21.6 Å². The molecule has 32 heavy (non-hydrogen) atoms. The largest absolute Gasteiger partial charge is 0.453 e. The number of amides is 1. The molecule has 0 aliphatic carbocycles. The Kier molecular flexibility index (Phi) is 14.3. The van der Waals surface area contributed by atoms with Crippen molar-refractivity contribution in [1.29, 1.82) is 0 Å². The van der Waals surface area contributed by atoms with Crippen molar-refractivity contribution >= 4 is 16.2 Å². The molecule has 7 nitrogen and oxygen atoms in total. The molecule has 2 N–H and O–H groups in total. The fourth-order valence-corrected chi connectivity index (χ4v) is 3.53. The summed E-state index contributed by atoms with van der Waals surface area (Å²) in [6, 6.07) is 1.94. The van der Waals surface area contributed by atoms with Gasteiger partial charge in [-0.15, -0.1) is 0 Å². The lowest BCUT2D eigenvalue weighted by molar-refractivity contribution is -0.154. The number of nitrogens with one attached hydrogen (secondary N) is 1. The van der Waals surface area contributed by atoms with Crippen LogP contribution in [0.25, 0.3) is 0 Å². The normalized spacial score (nSPS) is 12.8. The lowest BCUT2D eigenvalue weighted by Gasteiger charge is -2.16. The molecule has 0 aliphatic heterocycles. The van der Waals surface area contributed by atoms with E-state index in [1.165, 1.54) is 19.3 Å². The third-order valence-corrected chi connectivity index (χ3v) is 5.45. The van der Waals surface area contributed by atoms with Gasteiger partial charge in [0.05, 0.1) is 5.75 Å². The molecule has 1 atom stereocenters. The molecule has 0 saturated carbocycles. The van der Waals surface area contributed by atoms with Crippen LogP contribution in [0, 0.1) is 0 Å². The van der Waals surface area contributed by atoms with Crippen molar-refractivity contribution in [3.05, 3.63) is 23.7 Å². The highest BCUT2D eigenvalue weighted by Crippen LogP contribution is 2.34. The molecule has 0 bridgehead atoms. The van der Waals surface area contributed by atoms with Crippen molar-refractivity contribution in [3.63, 3.8) is 0 Å². The van der Waals surface area contributed by atoms with Crippen LogP contribution >= 0.6 is 0 Å². The summed E-state index contributed by atoms with van der Waals surface area (Å²) in [4.78, 5) is 12.0. The van der Waals surface area contributed by atoms with E-state index in [-0.39, 0.29) is 26.2 Å². The van der Waals surface area contributed by atoms with Crippen LogP contribution in [0.15, 0.2) is 16.5 Å². The van der Waals surface area contributed by atoms with Gasteiger partial charge in [-0.05, 0) is 31.4 Å². The molecule has 11 heteroatoms. The van der Waals surface area contributed by atoms with Gasteiger partial charge in [0, 0.05) is 6.54 Å². The fourth-order valence-electron chi connectivity index (χ4n) is 3.02. The summed E-state index contributed by atoms with van der Waals surface area (Å²) in [5.74, 6) is -1.79. The third kappa shape index (κ3) is 13.6. The van der Waals surface area contributed by atoms with Crippen molar-refractivity contribution in [2.45, 2.75) is 90.8 Å². The zero-order chi connectivity index (χ0) is 23.3. The molecule has 0 fully saturated rings. The molecule has 1 rings (SSSR count). The second-order valence-corrected chi connectivity index (χ2v) is 9.00. The van der Waals surface area contributed by atoms with E-state index in [1.54, 1.807) is 0 Å². The number of alkyl halides is 3. The van der Waals surface area contributed by atoms with Gasteiger partial charge in [-0.1, -0.05) is 59.3 Å². The van der Waals surface area contributed by atoms with Crippen LogP contribution in [0.4, 0.5) is 18.0 Å². The Hall–Kier alpha value is -1.75. The van der Waals surface area contributed by atoms with Crippen LogP contribution in [-0.4, -0.2) is 31.4 Å². The highest BCUT2D eigenvalue weighted by molar-refractivity contribution is 7.85. The number of unbranched alkanes of at least 4 members (excludes halogenated alkanes) is 7. The van der Waals surface area contributed by atoms with Crippen LogP contribution in [0.2, 0.25) is 0 Å². The Morgan fingerprint density at radius 3 is 2.22 bits per heavy atom. The second kappa shape index (κ2) is 15.2. The Morgan fingerprint density at radius 2 is 1.69 bits per heavy atom. The summed E-state index contributed by atoms with van der Waals surface area (Å²) < 4.78 is 78.6. The van der Waals surface area contributed by atoms with Crippen molar-refractivity contribution < 1.29 is 40.1 Å². The third-order valence-electron chi connectivity index (χ3n) is 4.64. The van der Waals surface area contributed by atoms with Gasteiger partial charge in [0.25, 0.3) is 10.1 Å². The van der Waals surface area contributed by atoms with Gasteiger partial charge in [-0.25, -0.2) is 4.79 Å². The molecule has 0 spiro atoms. The van der Waals surface area contributed by atoms with Crippen LogP contribution < -0.4 is 5.32 Å². The smallest absolute Gasteiger partial charge is 0.449 e. The molecule has 1 aromatic rings. The maximum atomic E-state index is 12.8. The predicted octanol–water partition coefficient (Wildman–Crippen LogP) is 6.51. The topological polar surface area (TPSA) is 106 Å². The minimum absolute atomic E-state index is 0. The number of carbonyl (C=O) groups excluding carboxylic acids is 1. The zero-order valence-electron chi connectivity index (χ0n) is 17.7. The van der Waals surface area contributed by atoms with E-state index in [1.807, 2.05) is 0 Å². The molecule has 1 heterocycles. The lowest BCUT2D eigenvalue weighted by Crippen LogP contribution is -2.28. The molecule has 0 radical (unpaired) electrons. The minimum atomic E-state index is -4.64. The average Bonchev–Trinajstić information content (AvgIpc) is 3.16. The monoisotopic (exact) mass is 487 g/mol. The summed E-state index contributed by atoms with van der Waals surface area (Å²) >= 11 is 0. The molecule has 0 saturated heterocycles. The van der Waals surface area contributed by atoms with E-state index in [0.717, 1.165) is 37.8 Å². The second-order valence-electron chi connectivity index (χ2n) is 7.42. The van der Waals surface area contributed by atoms with E-state index >= 15 is 0 Å². The standard InChI is InChI=1S/C20H32F3NO6S.CH4/c1-2-3-4-5-6-7-8-9-11-16(17-12-13-18(29-17)20(21,22)23)30-19(25)24-14-10-15-31(26,27)28;/h12-13,16H,2-11,14-15H2,1H3,(H,24,25)(H,26,27,28);1H4. The Morgan fingerprint density at radius 1 is 1.09 bits per heavy atom. The highest BCUT2D eigenvalue weighted by atomic mass is 32.2. The number of hydrogen-bond donors (Lipinski definition) is 2. The number of ether oxygens (including phenoxy) is 1. The number of hydrogen-bond acceptors (Lipinski definition) is 5. The first-order valence-electron chi connectivity index (χ1n) is 10.6. The van der Waals surface area contributed by atoms with Crippen molar-refractivity contribution in [2.24, 2.45) is 0 Å². The number of rotatable bonds is 15. The van der Waals surface area contributed by atoms with Gasteiger partial charge < -0.3 is 14.5 Å². The number of carbonyl (C=O) groups is 1. The van der Waals surface area contributed by atoms with Gasteiger partial charge in [0.15, 0.2) is 6.10 Å². The first-order chi connectivity index (χ1) is 14.5. The SMILES string of the molecule is C.CCCCCCCCCCC(OC(=O)NCCCS(=O)(=O)O)c1ccc(C(F)(F)F)o1. The Balaban J connectivity index is 0.00000961. The van der Waals surface area contributed by atoms with Crippen molar-refractivity contribution in [3.8, 4) is 0 Å². The molecule has 0 aliphatic rings. The summed E-state index contributed by atoms with van der Waals surface area (Å²) in [6.07, 6.45) is 2.03. The number of alkyl carbamates (subject to hydrolysis) is 1. The van der Waals surface area contributed by atoms with E-state index < -0.39 is 40.0 Å². The van der Waals surface area contributed by atoms with Crippen LogP contribution in [0.1, 0.15) is 96.2 Å². The minimum Gasteiger partial charge on any atom is -0.453 e. The highest BCUT2D eigenvalue weighted by Gasteiger charge is 2.36. The number of furan rings is 1. The van der Waals surface area contributed by atoms with Crippen LogP contribution in [0.5, 0.6) is 0 Å². The van der Waals surface area contributed by atoms with Crippen molar-refractivity contribution in [1.82, 2.24) is 5.32 Å². The first kappa shape index (κ1) is 30.2. The van der Waals surface area contributed by atoms with Crippen LogP contribution in [0.3, 0.4) is 0 Å². The van der Waals surface area contributed by atoms with E-state index in [9.17, 15) is 26.4 Å². The molecule has 1 unspecified atom stereocenters. The van der Waals surface area contributed by atoms with Gasteiger partial charge in [-0.3, -0.25) is 4.55 Å². The average molecular weight is 488 g/mol. The summed E-state index contributed by atoms with van der Waals surface area (Å²) in [5.41, 5.74) is 0. The van der Waals surface area contributed by atoms with Crippen LogP contribution in [-0.2, 0) is 21.0 Å². The van der Waals surface area contributed by atoms with Gasteiger partial charge in [0.1, 0.15) is 5.76 Å². The Bertz CT molecular complexity index is 749. The quantitative estimate of drug-likeness (QED) is 0.216. The molecule has 188 valence electrons. The number of halogens is 3. The maximum absolute atomic E-state index is 12.8. The zero-order valence-corrected chi connectivity index (χ0v) is 18.6. The molecule has 1 amide bonds. The molecule has 1 aromatic heterocycles. The predicted molar refractivity (Wildman–Crippen MR) is 116 cm³/mol. The summed E-state index contributed by atoms with van der Waals surface area (Å²) in [7, 11) is -4.14. The van der Waals surface area contributed by atoms with E-state index in [2.05, 4.69) is 12.2 Å². The Labute approximate surface area is 188 Å². The van der Waals surface area contributed by atoms with Gasteiger partial charge in [0.2, 0.25) is 5.76 Å². The first-order valence-corrected chi connectivity index (χ1v) is 12.2. The van der Waals surface area contributed by atoms with E-state index in [4.69, 9.17) is 13.7 Å². The summed E-state index contributed by atoms with van der Waals surface area (Å²) in [5, 5.41) is 2.32.